The zero-order valence-electron chi connectivity index (χ0n) is 11.3. The van der Waals surface area contributed by atoms with E-state index in [1.165, 1.54) is 18.4 Å². The maximum absolute atomic E-state index is 5.82. The van der Waals surface area contributed by atoms with E-state index in [0.29, 0.717) is 6.54 Å². The molecule has 3 heteroatoms. The average molecular weight is 256 g/mol. The molecule has 0 aliphatic carbocycles. The number of hydrogen-bond acceptors (Lipinski definition) is 3. The summed E-state index contributed by atoms with van der Waals surface area (Å²) < 4.78 is 5.82. The topological polar surface area (TPSA) is 48.1 Å². The first kappa shape index (κ1) is 13.6. The van der Waals surface area contributed by atoms with E-state index in [4.69, 9.17) is 10.5 Å². The highest BCUT2D eigenvalue weighted by Gasteiger charge is 2.04. The van der Waals surface area contributed by atoms with Gasteiger partial charge < -0.3 is 10.5 Å². The number of unbranched alkanes of at least 4 members (excludes halogenated alkanes) is 1. The Labute approximate surface area is 114 Å². The highest BCUT2D eigenvalue weighted by Crippen LogP contribution is 2.24. The maximum atomic E-state index is 5.82. The summed E-state index contributed by atoms with van der Waals surface area (Å²) in [5, 5.41) is 0. The van der Waals surface area contributed by atoms with Crippen molar-refractivity contribution in [1.82, 2.24) is 4.98 Å². The van der Waals surface area contributed by atoms with Crippen molar-refractivity contribution in [3.8, 4) is 11.5 Å². The summed E-state index contributed by atoms with van der Waals surface area (Å²) in [6.45, 7) is 2.58. The number of benzene rings is 1. The zero-order chi connectivity index (χ0) is 13.5. The molecule has 0 aliphatic rings. The van der Waals surface area contributed by atoms with E-state index in [1.807, 2.05) is 24.3 Å². The van der Waals surface area contributed by atoms with Gasteiger partial charge in [0.1, 0.15) is 11.5 Å². The number of aromatic nitrogens is 1. The number of nitrogens with two attached hydrogens (primary N) is 1. The van der Waals surface area contributed by atoms with Crippen molar-refractivity contribution in [2.75, 3.05) is 0 Å². The molecule has 0 aliphatic heterocycles. The van der Waals surface area contributed by atoms with Crippen LogP contribution in [0.1, 0.15) is 31.0 Å². The van der Waals surface area contributed by atoms with E-state index in [0.717, 1.165) is 23.6 Å². The molecule has 0 saturated carbocycles. The highest BCUT2D eigenvalue weighted by molar-refractivity contribution is 5.35. The molecule has 0 amide bonds. The predicted octanol–water partition coefficient (Wildman–Crippen LogP) is 3.68. The fourth-order valence-electron chi connectivity index (χ4n) is 1.90. The molecule has 19 heavy (non-hydrogen) atoms. The third-order valence-electron chi connectivity index (χ3n) is 3.01. The minimum absolute atomic E-state index is 0.380. The third kappa shape index (κ3) is 3.80. The van der Waals surface area contributed by atoms with Gasteiger partial charge in [0, 0.05) is 12.7 Å². The van der Waals surface area contributed by atoms with Crippen molar-refractivity contribution in [2.24, 2.45) is 5.73 Å². The molecule has 1 heterocycles. The van der Waals surface area contributed by atoms with Gasteiger partial charge in [-0.25, -0.2) is 0 Å². The number of hydrogen-bond donors (Lipinski definition) is 1. The van der Waals surface area contributed by atoms with Crippen molar-refractivity contribution in [3.05, 3.63) is 53.9 Å². The Kier molecular flexibility index (Phi) is 4.93. The fraction of sp³-hybridized carbons (Fsp3) is 0.312. The van der Waals surface area contributed by atoms with Crippen molar-refractivity contribution in [2.45, 2.75) is 32.7 Å². The van der Waals surface area contributed by atoms with Gasteiger partial charge in [-0.2, -0.15) is 0 Å². The molecule has 2 aromatic rings. The van der Waals surface area contributed by atoms with Crippen LogP contribution in [0, 0.1) is 0 Å². The van der Waals surface area contributed by atoms with Crippen LogP contribution in [0.15, 0.2) is 42.6 Å². The summed E-state index contributed by atoms with van der Waals surface area (Å²) >= 11 is 0. The first-order valence-corrected chi connectivity index (χ1v) is 6.74. The van der Waals surface area contributed by atoms with Crippen LogP contribution >= 0.6 is 0 Å². The van der Waals surface area contributed by atoms with E-state index in [-0.39, 0.29) is 0 Å². The predicted molar refractivity (Wildman–Crippen MR) is 77.3 cm³/mol. The maximum Gasteiger partial charge on any atom is 0.150 e. The summed E-state index contributed by atoms with van der Waals surface area (Å²) in [6.07, 6.45) is 5.29. The largest absolute Gasteiger partial charge is 0.455 e. The monoisotopic (exact) mass is 256 g/mol. The SMILES string of the molecule is CCCCc1ccc(Oc2cccnc2CN)cc1. The first-order valence-electron chi connectivity index (χ1n) is 6.74. The zero-order valence-corrected chi connectivity index (χ0v) is 11.3. The molecule has 0 bridgehead atoms. The Morgan fingerprint density at radius 3 is 2.63 bits per heavy atom. The molecule has 0 unspecified atom stereocenters. The van der Waals surface area contributed by atoms with Gasteiger partial charge in [0.2, 0.25) is 0 Å². The summed E-state index contributed by atoms with van der Waals surface area (Å²) in [5.41, 5.74) is 7.76. The summed E-state index contributed by atoms with van der Waals surface area (Å²) in [5.74, 6) is 1.55. The van der Waals surface area contributed by atoms with Crippen LogP contribution in [0.2, 0.25) is 0 Å². The lowest BCUT2D eigenvalue weighted by Gasteiger charge is -2.09. The van der Waals surface area contributed by atoms with Crippen molar-refractivity contribution in [3.63, 3.8) is 0 Å². The van der Waals surface area contributed by atoms with Crippen LogP contribution in [-0.4, -0.2) is 4.98 Å². The lowest BCUT2D eigenvalue weighted by atomic mass is 10.1. The molecule has 0 spiro atoms. The molecule has 2 rings (SSSR count). The number of aryl methyl sites for hydroxylation is 1. The van der Waals surface area contributed by atoms with Crippen molar-refractivity contribution in [1.29, 1.82) is 0 Å². The van der Waals surface area contributed by atoms with Crippen LogP contribution < -0.4 is 10.5 Å². The fourth-order valence-corrected chi connectivity index (χ4v) is 1.90. The van der Waals surface area contributed by atoms with Crippen LogP contribution in [0.25, 0.3) is 0 Å². The number of ether oxygens (including phenoxy) is 1. The lowest BCUT2D eigenvalue weighted by molar-refractivity contribution is 0.472. The summed E-state index contributed by atoms with van der Waals surface area (Å²) in [4.78, 5) is 4.20. The minimum Gasteiger partial charge on any atom is -0.455 e. The van der Waals surface area contributed by atoms with Crippen LogP contribution in [-0.2, 0) is 13.0 Å². The van der Waals surface area contributed by atoms with Crippen molar-refractivity contribution >= 4 is 0 Å². The third-order valence-corrected chi connectivity index (χ3v) is 3.01. The quantitative estimate of drug-likeness (QED) is 0.857. The molecular formula is C16H20N2O. The van der Waals surface area contributed by atoms with Crippen LogP contribution in [0.3, 0.4) is 0 Å². The van der Waals surface area contributed by atoms with Gasteiger partial charge in [0.15, 0.2) is 0 Å². The van der Waals surface area contributed by atoms with Gasteiger partial charge in [-0.05, 0) is 42.7 Å². The molecule has 0 fully saturated rings. The Bertz CT molecular complexity index is 508. The van der Waals surface area contributed by atoms with Crippen LogP contribution in [0.4, 0.5) is 0 Å². The number of rotatable bonds is 6. The van der Waals surface area contributed by atoms with E-state index < -0.39 is 0 Å². The molecule has 0 saturated heterocycles. The molecule has 100 valence electrons. The van der Waals surface area contributed by atoms with Crippen LogP contribution in [0.5, 0.6) is 11.5 Å². The summed E-state index contributed by atoms with van der Waals surface area (Å²) in [7, 11) is 0. The lowest BCUT2D eigenvalue weighted by Crippen LogP contribution is -2.01. The molecule has 0 atom stereocenters. The van der Waals surface area contributed by atoms with Gasteiger partial charge in [-0.15, -0.1) is 0 Å². The molecule has 3 nitrogen and oxygen atoms in total. The Morgan fingerprint density at radius 1 is 1.16 bits per heavy atom. The second kappa shape index (κ2) is 6.90. The smallest absolute Gasteiger partial charge is 0.150 e. The number of nitrogens with zero attached hydrogens (tertiary/aromatic N) is 1. The van der Waals surface area contributed by atoms with Gasteiger partial charge in [-0.1, -0.05) is 25.5 Å². The average Bonchev–Trinajstić information content (AvgIpc) is 2.47. The van der Waals surface area contributed by atoms with E-state index in [2.05, 4.69) is 24.0 Å². The van der Waals surface area contributed by atoms with E-state index >= 15 is 0 Å². The number of pyridine rings is 1. The van der Waals surface area contributed by atoms with Gasteiger partial charge in [0.05, 0.1) is 5.69 Å². The van der Waals surface area contributed by atoms with Gasteiger partial charge in [0.25, 0.3) is 0 Å². The molecule has 1 aromatic carbocycles. The van der Waals surface area contributed by atoms with E-state index in [1.54, 1.807) is 6.20 Å². The first-order chi connectivity index (χ1) is 9.33. The Morgan fingerprint density at radius 2 is 1.95 bits per heavy atom. The second-order valence-electron chi connectivity index (χ2n) is 4.50. The summed E-state index contributed by atoms with van der Waals surface area (Å²) in [6, 6.07) is 12.0. The van der Waals surface area contributed by atoms with E-state index in [9.17, 15) is 0 Å². The standard InChI is InChI=1S/C16H20N2O/c1-2-3-5-13-7-9-14(10-8-13)19-16-6-4-11-18-15(16)12-17/h4,6-11H,2-3,5,12,17H2,1H3. The van der Waals surface area contributed by atoms with Gasteiger partial charge >= 0.3 is 0 Å². The normalized spacial score (nSPS) is 10.4. The second-order valence-corrected chi connectivity index (χ2v) is 4.50. The minimum atomic E-state index is 0.380. The Balaban J connectivity index is 2.06. The Hall–Kier alpha value is -1.87. The molecular weight excluding hydrogens is 236 g/mol. The molecule has 2 N–H and O–H groups in total. The molecule has 1 aromatic heterocycles. The van der Waals surface area contributed by atoms with Gasteiger partial charge in [-0.3, -0.25) is 4.98 Å². The highest BCUT2D eigenvalue weighted by atomic mass is 16.5. The molecule has 0 radical (unpaired) electrons. The van der Waals surface area contributed by atoms with Crippen molar-refractivity contribution < 1.29 is 4.74 Å².